The van der Waals surface area contributed by atoms with Crippen molar-refractivity contribution in [3.63, 3.8) is 0 Å². The average molecular weight is 547 g/mol. The van der Waals surface area contributed by atoms with Crippen molar-refractivity contribution in [2.75, 3.05) is 0 Å². The largest absolute Gasteiger partial charge is 0.290 e. The first kappa shape index (κ1) is 22.8. The summed E-state index contributed by atoms with van der Waals surface area (Å²) in [7, 11) is 0. The highest BCUT2D eigenvalue weighted by Gasteiger charge is 2.16. The number of benzene rings is 6. The molecule has 0 atom stereocenters. The van der Waals surface area contributed by atoms with Gasteiger partial charge in [0.2, 0.25) is 0 Å². The highest BCUT2D eigenvalue weighted by atomic mass is 15.0. The van der Waals surface area contributed by atoms with Crippen molar-refractivity contribution >= 4 is 70.9 Å². The van der Waals surface area contributed by atoms with E-state index in [2.05, 4.69) is 124 Å². The van der Waals surface area contributed by atoms with Crippen LogP contribution in [0.15, 0.2) is 134 Å². The lowest BCUT2D eigenvalue weighted by atomic mass is 9.89. The Labute approximate surface area is 245 Å². The molecular weight excluding hydrogens is 524 g/mol. The Bertz CT molecular complexity index is 2700. The van der Waals surface area contributed by atoms with Gasteiger partial charge in [-0.25, -0.2) is 4.98 Å². The van der Waals surface area contributed by atoms with Crippen LogP contribution in [0.3, 0.4) is 0 Å². The van der Waals surface area contributed by atoms with Crippen LogP contribution in [0, 0.1) is 0 Å². The first-order chi connectivity index (χ1) is 21.3. The van der Waals surface area contributed by atoms with Crippen LogP contribution in [0.25, 0.3) is 93.2 Å². The van der Waals surface area contributed by atoms with E-state index in [1.54, 1.807) is 0 Å². The smallest absolute Gasteiger partial charge is 0.148 e. The fraction of sp³-hybridized carbons (Fsp3) is 0. The van der Waals surface area contributed by atoms with Crippen LogP contribution in [0.2, 0.25) is 0 Å². The standard InChI is InChI=1S/C39H22N4/c1-4-25-12-13-27-14-17-29(30-18-15-26(5-1)35(25)36(27)30)24-10-8-23(9-11-24)28-16-19-33-32(22-28)42-39-31-6-2-20-40-37(31)38-34(43(33)39)7-3-21-41-38/h1-22H. The summed E-state index contributed by atoms with van der Waals surface area (Å²) < 4.78 is 2.21. The van der Waals surface area contributed by atoms with Crippen molar-refractivity contribution in [2.24, 2.45) is 0 Å². The molecule has 4 aromatic heterocycles. The Balaban J connectivity index is 1.12. The lowest BCUT2D eigenvalue weighted by Crippen LogP contribution is -1.94. The molecule has 0 N–H and O–H groups in total. The Morgan fingerprint density at radius 3 is 2.02 bits per heavy atom. The van der Waals surface area contributed by atoms with Crippen molar-refractivity contribution in [1.29, 1.82) is 0 Å². The van der Waals surface area contributed by atoms with Gasteiger partial charge in [0.25, 0.3) is 0 Å². The van der Waals surface area contributed by atoms with E-state index in [-0.39, 0.29) is 0 Å². The molecule has 4 heteroatoms. The first-order valence-electron chi connectivity index (χ1n) is 14.5. The van der Waals surface area contributed by atoms with E-state index in [0.717, 1.165) is 44.2 Å². The van der Waals surface area contributed by atoms with Gasteiger partial charge in [-0.2, -0.15) is 0 Å². The van der Waals surface area contributed by atoms with Gasteiger partial charge in [0.15, 0.2) is 0 Å². The Morgan fingerprint density at radius 2 is 1.16 bits per heavy atom. The maximum atomic E-state index is 5.11. The zero-order valence-corrected chi connectivity index (χ0v) is 23.0. The zero-order valence-electron chi connectivity index (χ0n) is 23.0. The Morgan fingerprint density at radius 1 is 0.465 bits per heavy atom. The summed E-state index contributed by atoms with van der Waals surface area (Å²) in [6.07, 6.45) is 3.64. The molecule has 43 heavy (non-hydrogen) atoms. The molecule has 0 saturated carbocycles. The van der Waals surface area contributed by atoms with Crippen LogP contribution in [0.4, 0.5) is 0 Å². The molecule has 0 unspecified atom stereocenters. The minimum absolute atomic E-state index is 0.878. The third kappa shape index (κ3) is 3.12. The second kappa shape index (κ2) is 8.34. The maximum Gasteiger partial charge on any atom is 0.148 e. The number of imidazole rings is 1. The van der Waals surface area contributed by atoms with Gasteiger partial charge in [-0.05, 0) is 91.0 Å². The summed E-state index contributed by atoms with van der Waals surface area (Å²) in [5.74, 6) is 0. The van der Waals surface area contributed by atoms with Crippen molar-refractivity contribution < 1.29 is 0 Å². The van der Waals surface area contributed by atoms with Gasteiger partial charge in [-0.1, -0.05) is 84.9 Å². The van der Waals surface area contributed by atoms with Crippen molar-refractivity contribution in [1.82, 2.24) is 19.4 Å². The van der Waals surface area contributed by atoms with Crippen molar-refractivity contribution in [3.05, 3.63) is 134 Å². The third-order valence-corrected chi connectivity index (χ3v) is 9.01. The van der Waals surface area contributed by atoms with Crippen LogP contribution >= 0.6 is 0 Å². The predicted octanol–water partition coefficient (Wildman–Crippen LogP) is 9.82. The fourth-order valence-corrected chi connectivity index (χ4v) is 7.05. The molecule has 0 bridgehead atoms. The van der Waals surface area contributed by atoms with Crippen molar-refractivity contribution in [2.45, 2.75) is 0 Å². The number of hydrogen-bond donors (Lipinski definition) is 0. The highest BCUT2D eigenvalue weighted by Crippen LogP contribution is 2.40. The summed E-state index contributed by atoms with van der Waals surface area (Å²) in [6, 6.07) is 43.7. The molecule has 10 rings (SSSR count). The van der Waals surface area contributed by atoms with Crippen LogP contribution < -0.4 is 0 Å². The van der Waals surface area contributed by atoms with Crippen LogP contribution in [0.1, 0.15) is 0 Å². The number of aromatic nitrogens is 4. The van der Waals surface area contributed by atoms with Crippen LogP contribution in [0.5, 0.6) is 0 Å². The molecule has 4 nitrogen and oxygen atoms in total. The van der Waals surface area contributed by atoms with Gasteiger partial charge >= 0.3 is 0 Å². The minimum atomic E-state index is 0.878. The molecule has 0 amide bonds. The second-order valence-electron chi connectivity index (χ2n) is 11.3. The lowest BCUT2D eigenvalue weighted by molar-refractivity contribution is 1.27. The van der Waals surface area contributed by atoms with Gasteiger partial charge in [0.05, 0.1) is 16.6 Å². The van der Waals surface area contributed by atoms with E-state index in [1.807, 2.05) is 24.5 Å². The van der Waals surface area contributed by atoms with E-state index in [1.165, 1.54) is 49.0 Å². The molecule has 0 saturated heterocycles. The quantitative estimate of drug-likeness (QED) is 0.203. The molecular formula is C39H22N4. The number of pyridine rings is 3. The van der Waals surface area contributed by atoms with Gasteiger partial charge in [-0.15, -0.1) is 0 Å². The molecule has 10 aromatic rings. The molecule has 0 spiro atoms. The third-order valence-electron chi connectivity index (χ3n) is 9.01. The maximum absolute atomic E-state index is 5.11. The molecule has 0 aliphatic rings. The summed E-state index contributed by atoms with van der Waals surface area (Å²) in [6.45, 7) is 0. The summed E-state index contributed by atoms with van der Waals surface area (Å²) in [5, 5.41) is 8.86. The monoisotopic (exact) mass is 546 g/mol. The summed E-state index contributed by atoms with van der Waals surface area (Å²) in [5.41, 5.74) is 10.5. The van der Waals surface area contributed by atoms with Gasteiger partial charge < -0.3 is 0 Å². The van der Waals surface area contributed by atoms with E-state index in [4.69, 9.17) is 4.98 Å². The lowest BCUT2D eigenvalue weighted by Gasteiger charge is -2.14. The van der Waals surface area contributed by atoms with E-state index in [9.17, 15) is 0 Å². The van der Waals surface area contributed by atoms with Crippen molar-refractivity contribution in [3.8, 4) is 22.3 Å². The second-order valence-corrected chi connectivity index (χ2v) is 11.3. The number of fused-ring (bicyclic) bond motifs is 8. The number of rotatable bonds is 2. The SMILES string of the molecule is c1cc2ccc3ccc(-c4ccc(-c5ccc6c(c5)nc5c7cccnc7c7ncccc7n65)cc4)c4ccc(c1)c2c34. The molecule has 198 valence electrons. The summed E-state index contributed by atoms with van der Waals surface area (Å²) >= 11 is 0. The Hall–Kier alpha value is -5.87. The van der Waals surface area contributed by atoms with E-state index >= 15 is 0 Å². The van der Waals surface area contributed by atoms with E-state index < -0.39 is 0 Å². The highest BCUT2D eigenvalue weighted by molar-refractivity contribution is 6.25. The number of nitrogens with zero attached hydrogens (tertiary/aromatic N) is 4. The number of hydrogen-bond acceptors (Lipinski definition) is 3. The molecule has 0 aliphatic carbocycles. The summed E-state index contributed by atoms with van der Waals surface area (Å²) in [4.78, 5) is 14.4. The topological polar surface area (TPSA) is 43.1 Å². The normalized spacial score (nSPS) is 12.2. The predicted molar refractivity (Wildman–Crippen MR) is 178 cm³/mol. The van der Waals surface area contributed by atoms with Gasteiger partial charge in [-0.3, -0.25) is 14.4 Å². The van der Waals surface area contributed by atoms with Crippen LogP contribution in [-0.2, 0) is 0 Å². The van der Waals surface area contributed by atoms with E-state index in [0.29, 0.717) is 0 Å². The van der Waals surface area contributed by atoms with Crippen LogP contribution in [-0.4, -0.2) is 19.4 Å². The minimum Gasteiger partial charge on any atom is -0.290 e. The zero-order chi connectivity index (χ0) is 28.1. The fourth-order valence-electron chi connectivity index (χ4n) is 7.05. The molecule has 0 fully saturated rings. The van der Waals surface area contributed by atoms with Gasteiger partial charge in [0.1, 0.15) is 16.7 Å². The first-order valence-corrected chi connectivity index (χ1v) is 14.5. The molecule has 0 radical (unpaired) electrons. The molecule has 4 heterocycles. The Kier molecular flexibility index (Phi) is 4.42. The molecule has 0 aliphatic heterocycles. The van der Waals surface area contributed by atoms with Gasteiger partial charge in [0, 0.05) is 17.8 Å². The molecule has 6 aromatic carbocycles. The average Bonchev–Trinajstić information content (AvgIpc) is 3.47.